The van der Waals surface area contributed by atoms with Crippen molar-refractivity contribution in [3.63, 3.8) is 0 Å². The van der Waals surface area contributed by atoms with Gasteiger partial charge >= 0.3 is 19.8 Å². The zero-order chi connectivity index (χ0) is 43.0. The first kappa shape index (κ1) is 56.1. The van der Waals surface area contributed by atoms with Crippen LogP contribution in [0.1, 0.15) is 207 Å². The molecule has 0 aromatic rings. The first-order valence-electron chi connectivity index (χ1n) is 23.1. The van der Waals surface area contributed by atoms with Crippen LogP contribution in [0, 0.1) is 5.92 Å². The van der Waals surface area contributed by atoms with E-state index < -0.39 is 51.8 Å². The van der Waals surface area contributed by atoms with Crippen LogP contribution < -0.4 is 0 Å². The molecular weight excluding hydrogens is 759 g/mol. The van der Waals surface area contributed by atoms with Gasteiger partial charge in [-0.15, -0.1) is 0 Å². The predicted molar refractivity (Wildman–Crippen MR) is 233 cm³/mol. The number of rotatable bonds is 43. The molecule has 0 aromatic carbocycles. The number of esters is 2. The van der Waals surface area contributed by atoms with Crippen LogP contribution in [0.3, 0.4) is 0 Å². The second-order valence-corrected chi connectivity index (χ2v) is 17.8. The number of carbonyl (C=O) groups is 3. The molecule has 3 atom stereocenters. The second-order valence-electron chi connectivity index (χ2n) is 16.3. The SMILES string of the molecule is CCCCCC(=O)/C=C/C=C\CCCCCCCC(=O)OC[C@H](COP(=O)(O)OC[C@@H](O)CO)OC(=O)CCCCCCCCCCCCCCCCCCC(C)C. The van der Waals surface area contributed by atoms with Gasteiger partial charge in [0.1, 0.15) is 12.7 Å². The molecule has 0 heterocycles. The molecule has 11 nitrogen and oxygen atoms in total. The molecule has 0 saturated heterocycles. The summed E-state index contributed by atoms with van der Waals surface area (Å²) in [5.41, 5.74) is 0. The van der Waals surface area contributed by atoms with Crippen molar-refractivity contribution in [3.05, 3.63) is 24.3 Å². The molecule has 0 radical (unpaired) electrons. The van der Waals surface area contributed by atoms with Crippen molar-refractivity contribution in [1.82, 2.24) is 0 Å². The lowest BCUT2D eigenvalue weighted by atomic mass is 10.0. The van der Waals surface area contributed by atoms with Gasteiger partial charge in [0.15, 0.2) is 11.9 Å². The summed E-state index contributed by atoms with van der Waals surface area (Å²) in [5, 5.41) is 18.3. The summed E-state index contributed by atoms with van der Waals surface area (Å²) >= 11 is 0. The topological polar surface area (TPSA) is 166 Å². The van der Waals surface area contributed by atoms with Gasteiger partial charge in [-0.05, 0) is 44.1 Å². The number of carbonyl (C=O) groups excluding carboxylic acids is 3. The van der Waals surface area contributed by atoms with Gasteiger partial charge in [-0.1, -0.05) is 174 Å². The smallest absolute Gasteiger partial charge is 0.462 e. The molecule has 0 rings (SSSR count). The Morgan fingerprint density at radius 2 is 1.09 bits per heavy atom. The summed E-state index contributed by atoms with van der Waals surface area (Å²) in [6.45, 7) is 4.54. The molecular formula is C46H85O11P. The molecule has 58 heavy (non-hydrogen) atoms. The summed E-state index contributed by atoms with van der Waals surface area (Å²) in [4.78, 5) is 46.8. The highest BCUT2D eigenvalue weighted by Crippen LogP contribution is 2.43. The first-order chi connectivity index (χ1) is 28.0. The molecule has 0 fully saturated rings. The third-order valence-corrected chi connectivity index (χ3v) is 11.0. The quantitative estimate of drug-likeness (QED) is 0.0176. The van der Waals surface area contributed by atoms with Crippen molar-refractivity contribution in [1.29, 1.82) is 0 Å². The predicted octanol–water partition coefficient (Wildman–Crippen LogP) is 11.6. The summed E-state index contributed by atoms with van der Waals surface area (Å²) < 4.78 is 32.7. The van der Waals surface area contributed by atoms with E-state index in [2.05, 4.69) is 31.4 Å². The van der Waals surface area contributed by atoms with Gasteiger partial charge in [0.25, 0.3) is 0 Å². The van der Waals surface area contributed by atoms with Gasteiger partial charge in [-0.3, -0.25) is 23.4 Å². The number of phosphoric acid groups is 1. The maximum absolute atomic E-state index is 12.6. The molecule has 0 aromatic heterocycles. The maximum Gasteiger partial charge on any atom is 0.472 e. The third-order valence-electron chi connectivity index (χ3n) is 10.0. The number of aliphatic hydroxyl groups excluding tert-OH is 2. The van der Waals surface area contributed by atoms with E-state index in [-0.39, 0.29) is 25.2 Å². The number of hydrogen-bond donors (Lipinski definition) is 3. The maximum atomic E-state index is 12.6. The number of phosphoric ester groups is 1. The molecule has 0 aliphatic carbocycles. The van der Waals surface area contributed by atoms with E-state index >= 15 is 0 Å². The molecule has 1 unspecified atom stereocenters. The van der Waals surface area contributed by atoms with Gasteiger partial charge in [0, 0.05) is 19.3 Å². The lowest BCUT2D eigenvalue weighted by Gasteiger charge is -2.20. The third kappa shape index (κ3) is 40.9. The van der Waals surface area contributed by atoms with Crippen LogP contribution in [0.2, 0.25) is 0 Å². The second kappa shape index (κ2) is 40.5. The Kier molecular flexibility index (Phi) is 39.2. The van der Waals surface area contributed by atoms with Gasteiger partial charge < -0.3 is 24.6 Å². The average Bonchev–Trinajstić information content (AvgIpc) is 3.19. The van der Waals surface area contributed by atoms with Crippen LogP contribution in [0.5, 0.6) is 0 Å². The highest BCUT2D eigenvalue weighted by Gasteiger charge is 2.27. The Hall–Kier alpha value is -1.88. The highest BCUT2D eigenvalue weighted by atomic mass is 31.2. The summed E-state index contributed by atoms with van der Waals surface area (Å²) in [6.07, 6.45) is 35.5. The van der Waals surface area contributed by atoms with E-state index in [9.17, 15) is 28.9 Å². The fraction of sp³-hybridized carbons (Fsp3) is 0.848. The van der Waals surface area contributed by atoms with Crippen LogP contribution >= 0.6 is 7.82 Å². The summed E-state index contributed by atoms with van der Waals surface area (Å²) in [5.74, 6) is 0.0173. The Morgan fingerprint density at radius 3 is 1.62 bits per heavy atom. The normalized spacial score (nSPS) is 14.0. The summed E-state index contributed by atoms with van der Waals surface area (Å²) in [7, 11) is -4.64. The number of allylic oxidation sites excluding steroid dienone is 4. The zero-order valence-corrected chi connectivity index (χ0v) is 37.8. The molecule has 340 valence electrons. The van der Waals surface area contributed by atoms with E-state index in [1.54, 1.807) is 12.2 Å². The van der Waals surface area contributed by atoms with Crippen molar-refractivity contribution < 1.29 is 52.6 Å². The lowest BCUT2D eigenvalue weighted by molar-refractivity contribution is -0.161. The molecule has 12 heteroatoms. The van der Waals surface area contributed by atoms with Gasteiger partial charge in [0.2, 0.25) is 0 Å². The minimum absolute atomic E-state index is 0.167. The van der Waals surface area contributed by atoms with Crippen LogP contribution in [-0.4, -0.2) is 71.5 Å². The van der Waals surface area contributed by atoms with Crippen molar-refractivity contribution >= 4 is 25.5 Å². The zero-order valence-electron chi connectivity index (χ0n) is 36.9. The van der Waals surface area contributed by atoms with E-state index in [0.29, 0.717) is 19.3 Å². The number of ether oxygens (including phenoxy) is 2. The molecule has 0 bridgehead atoms. The number of aliphatic hydroxyl groups is 2. The van der Waals surface area contributed by atoms with E-state index in [0.717, 1.165) is 76.5 Å². The molecule has 0 spiro atoms. The average molecular weight is 845 g/mol. The van der Waals surface area contributed by atoms with Crippen LogP contribution in [0.25, 0.3) is 0 Å². The van der Waals surface area contributed by atoms with Crippen LogP contribution in [-0.2, 0) is 37.5 Å². The highest BCUT2D eigenvalue weighted by molar-refractivity contribution is 7.47. The van der Waals surface area contributed by atoms with E-state index in [1.165, 1.54) is 83.5 Å². The van der Waals surface area contributed by atoms with Crippen molar-refractivity contribution in [2.24, 2.45) is 5.92 Å². The van der Waals surface area contributed by atoms with Gasteiger partial charge in [-0.25, -0.2) is 4.57 Å². The van der Waals surface area contributed by atoms with Crippen LogP contribution in [0.15, 0.2) is 24.3 Å². The molecule has 0 aliphatic heterocycles. The molecule has 0 aliphatic rings. The van der Waals surface area contributed by atoms with E-state index in [4.69, 9.17) is 19.1 Å². The first-order valence-corrected chi connectivity index (χ1v) is 24.6. The number of ketones is 1. The Bertz CT molecular complexity index is 1090. The van der Waals surface area contributed by atoms with E-state index in [1.807, 2.05) is 6.08 Å². The van der Waals surface area contributed by atoms with Gasteiger partial charge in [0.05, 0.1) is 19.8 Å². The largest absolute Gasteiger partial charge is 0.472 e. The minimum Gasteiger partial charge on any atom is -0.462 e. The summed E-state index contributed by atoms with van der Waals surface area (Å²) in [6, 6.07) is 0. The molecule has 0 amide bonds. The standard InChI is InChI=1S/C46H85O11P/c1-4-5-27-33-42(48)34-29-24-20-16-14-18-21-25-30-35-45(50)54-39-44(40-56-58(52,53)55-38-43(49)37-47)57-46(51)36-31-26-22-17-13-11-9-7-6-8-10-12-15-19-23-28-32-41(2)3/h20,24,29,34,41,43-44,47,49H,4-19,21-23,25-28,30-33,35-40H2,1-3H3,(H,52,53)/b24-20-,34-29+/t43-,44+/m0/s1. The monoisotopic (exact) mass is 845 g/mol. The van der Waals surface area contributed by atoms with Gasteiger partial charge in [-0.2, -0.15) is 0 Å². The van der Waals surface area contributed by atoms with Crippen molar-refractivity contribution in [3.8, 4) is 0 Å². The Morgan fingerprint density at radius 1 is 0.603 bits per heavy atom. The van der Waals surface area contributed by atoms with Crippen molar-refractivity contribution in [2.75, 3.05) is 26.4 Å². The molecule has 0 saturated carbocycles. The Balaban J connectivity index is 4.28. The fourth-order valence-electron chi connectivity index (χ4n) is 6.40. The lowest BCUT2D eigenvalue weighted by Crippen LogP contribution is -2.29. The van der Waals surface area contributed by atoms with Crippen molar-refractivity contribution in [2.45, 2.75) is 219 Å². The number of hydrogen-bond acceptors (Lipinski definition) is 10. The number of unbranched alkanes of at least 4 members (excludes halogenated alkanes) is 22. The fourth-order valence-corrected chi connectivity index (χ4v) is 7.19. The molecule has 3 N–H and O–H groups in total. The Labute approximate surface area is 353 Å². The van der Waals surface area contributed by atoms with Crippen LogP contribution in [0.4, 0.5) is 0 Å². The minimum atomic E-state index is -4.64.